The number of nitrogens with zero attached hydrogens (tertiary/aromatic N) is 2. The van der Waals surface area contributed by atoms with E-state index in [1.165, 1.54) is 0 Å². The van der Waals surface area contributed by atoms with Gasteiger partial charge in [0.2, 0.25) is 0 Å². The molecule has 0 saturated heterocycles. The van der Waals surface area contributed by atoms with Gasteiger partial charge in [0, 0.05) is 22.9 Å². The summed E-state index contributed by atoms with van der Waals surface area (Å²) in [5.41, 5.74) is 3.25. The van der Waals surface area contributed by atoms with Crippen LogP contribution in [0.5, 0.6) is 0 Å². The van der Waals surface area contributed by atoms with Gasteiger partial charge in [0.1, 0.15) is 0 Å². The van der Waals surface area contributed by atoms with Gasteiger partial charge in [-0.25, -0.2) is 0 Å². The minimum atomic E-state index is -0.137. The van der Waals surface area contributed by atoms with E-state index in [-0.39, 0.29) is 5.91 Å². The Bertz CT molecular complexity index is 604. The Labute approximate surface area is 114 Å². The quantitative estimate of drug-likeness (QED) is 0.927. The highest BCUT2D eigenvalue weighted by molar-refractivity contribution is 9.10. The van der Waals surface area contributed by atoms with Gasteiger partial charge in [0.05, 0.1) is 11.8 Å². The number of amides is 1. The molecule has 5 heteroatoms. The summed E-state index contributed by atoms with van der Waals surface area (Å²) in [6.07, 6.45) is 1.58. The molecule has 0 spiro atoms. The molecule has 1 amide bonds. The van der Waals surface area contributed by atoms with Gasteiger partial charge < -0.3 is 5.32 Å². The fourth-order valence-electron chi connectivity index (χ4n) is 1.65. The highest BCUT2D eigenvalue weighted by Gasteiger charge is 2.14. The third-order valence-corrected chi connectivity index (χ3v) is 3.85. The van der Waals surface area contributed by atoms with Crippen LogP contribution in [0, 0.1) is 13.8 Å². The first-order valence-corrected chi connectivity index (χ1v) is 6.35. The van der Waals surface area contributed by atoms with Crippen LogP contribution in [0.25, 0.3) is 0 Å². The number of halogens is 1. The van der Waals surface area contributed by atoms with E-state index < -0.39 is 0 Å². The number of aryl methyl sites for hydroxylation is 1. The van der Waals surface area contributed by atoms with Crippen molar-refractivity contribution in [2.75, 3.05) is 5.32 Å². The van der Waals surface area contributed by atoms with Gasteiger partial charge in [-0.05, 0) is 31.5 Å². The number of benzene rings is 1. The summed E-state index contributed by atoms with van der Waals surface area (Å²) in [6, 6.07) is 5.72. The molecule has 1 heterocycles. The summed E-state index contributed by atoms with van der Waals surface area (Å²) >= 11 is 3.44. The van der Waals surface area contributed by atoms with Gasteiger partial charge in [-0.1, -0.05) is 22.0 Å². The normalized spacial score (nSPS) is 10.4. The van der Waals surface area contributed by atoms with Gasteiger partial charge in [-0.2, -0.15) is 5.10 Å². The van der Waals surface area contributed by atoms with E-state index in [1.807, 2.05) is 39.1 Å². The minimum Gasteiger partial charge on any atom is -0.322 e. The summed E-state index contributed by atoms with van der Waals surface area (Å²) in [5, 5.41) is 6.96. The lowest BCUT2D eigenvalue weighted by Crippen LogP contribution is -2.13. The average molecular weight is 308 g/mol. The Hall–Kier alpha value is -1.62. The number of carbonyl (C=O) groups is 1. The topological polar surface area (TPSA) is 46.9 Å². The first-order chi connectivity index (χ1) is 8.50. The van der Waals surface area contributed by atoms with E-state index in [4.69, 9.17) is 0 Å². The van der Waals surface area contributed by atoms with E-state index >= 15 is 0 Å². The Morgan fingerprint density at radius 3 is 2.72 bits per heavy atom. The molecule has 0 aliphatic rings. The smallest absolute Gasteiger partial charge is 0.259 e. The lowest BCUT2D eigenvalue weighted by molar-refractivity contribution is 0.102. The van der Waals surface area contributed by atoms with Crippen LogP contribution in [-0.2, 0) is 7.05 Å². The molecule has 94 valence electrons. The Morgan fingerprint density at radius 2 is 2.11 bits per heavy atom. The fourth-order valence-corrected chi connectivity index (χ4v) is 2.02. The molecule has 2 rings (SSSR count). The monoisotopic (exact) mass is 307 g/mol. The zero-order valence-electron chi connectivity index (χ0n) is 10.5. The fraction of sp³-hybridized carbons (Fsp3) is 0.231. The number of nitrogens with one attached hydrogen (secondary N) is 1. The molecular weight excluding hydrogens is 294 g/mol. The summed E-state index contributed by atoms with van der Waals surface area (Å²) in [4.78, 5) is 12.1. The average Bonchev–Trinajstić information content (AvgIpc) is 2.66. The molecule has 1 aromatic carbocycles. The molecule has 1 N–H and O–H groups in total. The first-order valence-electron chi connectivity index (χ1n) is 5.55. The molecule has 1 aromatic heterocycles. The van der Waals surface area contributed by atoms with Crippen molar-refractivity contribution in [3.63, 3.8) is 0 Å². The van der Waals surface area contributed by atoms with Crippen LogP contribution in [0.2, 0.25) is 0 Å². The molecular formula is C13H14BrN3O. The van der Waals surface area contributed by atoms with Crippen LogP contribution >= 0.6 is 15.9 Å². The zero-order chi connectivity index (χ0) is 13.3. The van der Waals surface area contributed by atoms with Crippen molar-refractivity contribution in [3.05, 3.63) is 45.7 Å². The molecule has 0 bridgehead atoms. The second kappa shape index (κ2) is 4.94. The van der Waals surface area contributed by atoms with Crippen molar-refractivity contribution < 1.29 is 4.79 Å². The summed E-state index contributed by atoms with van der Waals surface area (Å²) in [6.45, 7) is 3.82. The third kappa shape index (κ3) is 2.31. The maximum absolute atomic E-state index is 12.1. The second-order valence-corrected chi connectivity index (χ2v) is 4.99. The van der Waals surface area contributed by atoms with Crippen molar-refractivity contribution in [3.8, 4) is 0 Å². The SMILES string of the molecule is Cc1c(Br)cccc1NC(=O)c1cnn(C)c1C. The summed E-state index contributed by atoms with van der Waals surface area (Å²) < 4.78 is 2.66. The van der Waals surface area contributed by atoms with E-state index in [9.17, 15) is 4.79 Å². The summed E-state index contributed by atoms with van der Waals surface area (Å²) in [7, 11) is 1.82. The number of aromatic nitrogens is 2. The largest absolute Gasteiger partial charge is 0.322 e. The van der Waals surface area contributed by atoms with Crippen LogP contribution in [0.15, 0.2) is 28.9 Å². The van der Waals surface area contributed by atoms with Gasteiger partial charge in [-0.3, -0.25) is 9.48 Å². The van der Waals surface area contributed by atoms with Crippen molar-refractivity contribution in [1.29, 1.82) is 0 Å². The molecule has 0 saturated carbocycles. The maximum Gasteiger partial charge on any atom is 0.259 e. The van der Waals surface area contributed by atoms with Gasteiger partial charge >= 0.3 is 0 Å². The summed E-state index contributed by atoms with van der Waals surface area (Å²) in [5.74, 6) is -0.137. The highest BCUT2D eigenvalue weighted by atomic mass is 79.9. The zero-order valence-corrected chi connectivity index (χ0v) is 12.1. The molecule has 0 radical (unpaired) electrons. The number of anilines is 1. The first kappa shape index (κ1) is 12.8. The predicted octanol–water partition coefficient (Wildman–Crippen LogP) is 3.05. The van der Waals surface area contributed by atoms with Crippen molar-refractivity contribution in [2.45, 2.75) is 13.8 Å². The molecule has 18 heavy (non-hydrogen) atoms. The number of hydrogen-bond acceptors (Lipinski definition) is 2. The Morgan fingerprint density at radius 1 is 1.39 bits per heavy atom. The van der Waals surface area contributed by atoms with E-state index in [2.05, 4.69) is 26.3 Å². The highest BCUT2D eigenvalue weighted by Crippen LogP contribution is 2.24. The van der Waals surface area contributed by atoms with Crippen molar-refractivity contribution in [2.24, 2.45) is 7.05 Å². The van der Waals surface area contributed by atoms with Crippen molar-refractivity contribution in [1.82, 2.24) is 9.78 Å². The maximum atomic E-state index is 12.1. The molecule has 0 fully saturated rings. The lowest BCUT2D eigenvalue weighted by atomic mass is 10.2. The van der Waals surface area contributed by atoms with Crippen LogP contribution in [-0.4, -0.2) is 15.7 Å². The van der Waals surface area contributed by atoms with Crippen LogP contribution in [0.3, 0.4) is 0 Å². The predicted molar refractivity (Wildman–Crippen MR) is 74.8 cm³/mol. The van der Waals surface area contributed by atoms with E-state index in [1.54, 1.807) is 10.9 Å². The van der Waals surface area contributed by atoms with Crippen LogP contribution in [0.4, 0.5) is 5.69 Å². The molecule has 0 aliphatic carbocycles. The molecule has 0 unspecified atom stereocenters. The molecule has 0 atom stereocenters. The van der Waals surface area contributed by atoms with Gasteiger partial charge in [0.25, 0.3) is 5.91 Å². The standard InChI is InChI=1S/C13H14BrN3O/c1-8-11(14)5-4-6-12(8)16-13(18)10-7-15-17(3)9(10)2/h4-7H,1-3H3,(H,16,18). The van der Waals surface area contributed by atoms with Gasteiger partial charge in [0.15, 0.2) is 0 Å². The van der Waals surface area contributed by atoms with Gasteiger partial charge in [-0.15, -0.1) is 0 Å². The van der Waals surface area contributed by atoms with E-state index in [0.717, 1.165) is 21.4 Å². The molecule has 2 aromatic rings. The second-order valence-electron chi connectivity index (χ2n) is 4.13. The number of rotatable bonds is 2. The number of carbonyl (C=O) groups excluding carboxylic acids is 1. The van der Waals surface area contributed by atoms with Crippen LogP contribution in [0.1, 0.15) is 21.6 Å². The lowest BCUT2D eigenvalue weighted by Gasteiger charge is -2.09. The number of hydrogen-bond donors (Lipinski definition) is 1. The van der Waals surface area contributed by atoms with Crippen LogP contribution < -0.4 is 5.32 Å². The Kier molecular flexibility index (Phi) is 3.52. The Balaban J connectivity index is 2.27. The molecule has 0 aliphatic heterocycles. The minimum absolute atomic E-state index is 0.137. The van der Waals surface area contributed by atoms with E-state index in [0.29, 0.717) is 5.56 Å². The van der Waals surface area contributed by atoms with Crippen molar-refractivity contribution >= 4 is 27.5 Å². The molecule has 4 nitrogen and oxygen atoms in total. The third-order valence-electron chi connectivity index (χ3n) is 3.00.